The maximum Gasteiger partial charge on any atom is 0.265 e. The van der Waals surface area contributed by atoms with E-state index in [0.717, 1.165) is 11.1 Å². The quantitative estimate of drug-likeness (QED) is 0.563. The van der Waals surface area contributed by atoms with E-state index in [1.807, 2.05) is 12.1 Å². The largest absolute Gasteiger partial charge is 0.364 e. The van der Waals surface area contributed by atoms with Gasteiger partial charge in [-0.15, -0.1) is 11.3 Å². The van der Waals surface area contributed by atoms with Gasteiger partial charge in [0.15, 0.2) is 5.13 Å². The summed E-state index contributed by atoms with van der Waals surface area (Å²) in [5.41, 5.74) is 9.16. The van der Waals surface area contributed by atoms with E-state index >= 15 is 0 Å². The fourth-order valence-electron chi connectivity index (χ4n) is 2.46. The van der Waals surface area contributed by atoms with Crippen LogP contribution in [-0.2, 0) is 4.79 Å². The lowest BCUT2D eigenvalue weighted by Gasteiger charge is -2.04. The van der Waals surface area contributed by atoms with E-state index in [1.54, 1.807) is 23.7 Å². The molecule has 3 aromatic rings. The van der Waals surface area contributed by atoms with Crippen LogP contribution in [0.15, 0.2) is 48.0 Å². The van der Waals surface area contributed by atoms with Crippen molar-refractivity contribution in [2.24, 2.45) is 5.73 Å². The summed E-state index contributed by atoms with van der Waals surface area (Å²) in [6.45, 7) is 4.28. The second-order valence-corrected chi connectivity index (χ2v) is 7.21. The standard InChI is InChI=1S/C20H20N4O2S/c1-12(2)14-6-3-13(4-7-14)5-8-18(25)24-20-23-17(11-27-20)15-9-16(19(21)26)22-10-15/h3-12,22H,1-2H3,(H2,21,26)(H,23,24,25)/b8-5+. The average Bonchev–Trinajstić information content (AvgIpc) is 3.29. The molecule has 4 N–H and O–H groups in total. The highest BCUT2D eigenvalue weighted by Crippen LogP contribution is 2.25. The highest BCUT2D eigenvalue weighted by atomic mass is 32.1. The van der Waals surface area contributed by atoms with Gasteiger partial charge in [-0.05, 0) is 29.2 Å². The molecule has 0 aliphatic rings. The first-order valence-electron chi connectivity index (χ1n) is 8.45. The third kappa shape index (κ3) is 4.71. The summed E-state index contributed by atoms with van der Waals surface area (Å²) in [7, 11) is 0. The van der Waals surface area contributed by atoms with E-state index in [9.17, 15) is 9.59 Å². The molecule has 6 nitrogen and oxygen atoms in total. The molecule has 0 unspecified atom stereocenters. The first-order chi connectivity index (χ1) is 12.9. The van der Waals surface area contributed by atoms with Gasteiger partial charge in [0.2, 0.25) is 5.91 Å². The molecule has 2 amide bonds. The van der Waals surface area contributed by atoms with Gasteiger partial charge in [-0.25, -0.2) is 4.98 Å². The van der Waals surface area contributed by atoms with Crippen LogP contribution < -0.4 is 11.1 Å². The van der Waals surface area contributed by atoms with Gasteiger partial charge in [0, 0.05) is 23.2 Å². The normalized spacial score (nSPS) is 11.2. The molecular weight excluding hydrogens is 360 g/mol. The summed E-state index contributed by atoms with van der Waals surface area (Å²) in [6, 6.07) is 9.73. The Morgan fingerprint density at radius 3 is 2.63 bits per heavy atom. The number of hydrogen-bond donors (Lipinski definition) is 3. The van der Waals surface area contributed by atoms with Crippen molar-refractivity contribution in [3.05, 3.63) is 64.8 Å². The molecule has 2 heterocycles. The van der Waals surface area contributed by atoms with Crippen molar-refractivity contribution in [2.75, 3.05) is 5.32 Å². The smallest absolute Gasteiger partial charge is 0.265 e. The van der Waals surface area contributed by atoms with Gasteiger partial charge in [-0.1, -0.05) is 38.1 Å². The van der Waals surface area contributed by atoms with Crippen LogP contribution >= 0.6 is 11.3 Å². The number of hydrogen-bond acceptors (Lipinski definition) is 4. The van der Waals surface area contributed by atoms with Gasteiger partial charge in [-0.3, -0.25) is 14.9 Å². The third-order valence-electron chi connectivity index (χ3n) is 4.01. The van der Waals surface area contributed by atoms with Crippen molar-refractivity contribution in [1.29, 1.82) is 0 Å². The molecule has 0 radical (unpaired) electrons. The van der Waals surface area contributed by atoms with Gasteiger partial charge >= 0.3 is 0 Å². The molecule has 27 heavy (non-hydrogen) atoms. The molecule has 2 aromatic heterocycles. The van der Waals surface area contributed by atoms with Crippen molar-refractivity contribution >= 4 is 34.4 Å². The Morgan fingerprint density at radius 1 is 1.26 bits per heavy atom. The number of aromatic amines is 1. The molecule has 0 aliphatic heterocycles. The Labute approximate surface area is 161 Å². The van der Waals surface area contributed by atoms with E-state index < -0.39 is 5.91 Å². The first-order valence-corrected chi connectivity index (χ1v) is 9.33. The van der Waals surface area contributed by atoms with E-state index in [-0.39, 0.29) is 5.91 Å². The van der Waals surface area contributed by atoms with Crippen molar-refractivity contribution < 1.29 is 9.59 Å². The van der Waals surface area contributed by atoms with Crippen LogP contribution in [0, 0.1) is 0 Å². The zero-order valence-corrected chi connectivity index (χ0v) is 15.8. The first kappa shape index (κ1) is 18.6. The maximum absolute atomic E-state index is 12.1. The lowest BCUT2D eigenvalue weighted by Crippen LogP contribution is -2.10. The molecule has 0 bridgehead atoms. The molecule has 0 saturated heterocycles. The number of primary amides is 1. The van der Waals surface area contributed by atoms with Crippen molar-refractivity contribution in [1.82, 2.24) is 9.97 Å². The predicted octanol–water partition coefficient (Wildman–Crippen LogP) is 4.01. The SMILES string of the molecule is CC(C)c1ccc(/C=C/C(=O)Nc2nc(-c3c[nH]c(C(N)=O)c3)cs2)cc1. The molecule has 0 saturated carbocycles. The maximum atomic E-state index is 12.1. The highest BCUT2D eigenvalue weighted by Gasteiger charge is 2.10. The fraction of sp³-hybridized carbons (Fsp3) is 0.150. The molecule has 3 rings (SSSR count). The van der Waals surface area contributed by atoms with E-state index in [2.05, 4.69) is 41.3 Å². The number of anilines is 1. The molecule has 1 aromatic carbocycles. The summed E-state index contributed by atoms with van der Waals surface area (Å²) in [6.07, 6.45) is 4.90. The van der Waals surface area contributed by atoms with Crippen molar-refractivity contribution in [3.8, 4) is 11.3 Å². The number of nitrogens with zero attached hydrogens (tertiary/aromatic N) is 1. The highest BCUT2D eigenvalue weighted by molar-refractivity contribution is 7.14. The number of nitrogens with one attached hydrogen (secondary N) is 2. The number of aromatic nitrogens is 2. The second kappa shape index (κ2) is 8.01. The summed E-state index contributed by atoms with van der Waals surface area (Å²) >= 11 is 1.31. The summed E-state index contributed by atoms with van der Waals surface area (Å²) in [5.74, 6) is -0.309. The Morgan fingerprint density at radius 2 is 2.00 bits per heavy atom. The molecule has 0 fully saturated rings. The number of carbonyl (C=O) groups excluding carboxylic acids is 2. The topological polar surface area (TPSA) is 101 Å². The van der Waals surface area contributed by atoms with Gasteiger partial charge in [0.05, 0.1) is 5.69 Å². The molecule has 7 heteroatoms. The molecule has 0 aliphatic carbocycles. The lowest BCUT2D eigenvalue weighted by molar-refractivity contribution is -0.111. The van der Waals surface area contributed by atoms with Crippen LogP contribution in [0.4, 0.5) is 5.13 Å². The Kier molecular flexibility index (Phi) is 5.52. The van der Waals surface area contributed by atoms with Gasteiger partial charge in [0.1, 0.15) is 5.69 Å². The number of thiazole rings is 1. The Hall–Kier alpha value is -3.19. The lowest BCUT2D eigenvalue weighted by atomic mass is 10.0. The number of amides is 2. The summed E-state index contributed by atoms with van der Waals surface area (Å²) in [5, 5.41) is 5.03. The minimum atomic E-state index is -0.531. The Balaban J connectivity index is 1.62. The number of H-pyrrole nitrogens is 1. The predicted molar refractivity (Wildman–Crippen MR) is 109 cm³/mol. The van der Waals surface area contributed by atoms with Crippen LogP contribution in [-0.4, -0.2) is 21.8 Å². The number of nitrogens with two attached hydrogens (primary N) is 1. The van der Waals surface area contributed by atoms with Crippen LogP contribution in [0.2, 0.25) is 0 Å². The van der Waals surface area contributed by atoms with Crippen molar-refractivity contribution in [2.45, 2.75) is 19.8 Å². The number of rotatable bonds is 6. The molecule has 0 atom stereocenters. The van der Waals surface area contributed by atoms with Crippen LogP contribution in [0.5, 0.6) is 0 Å². The Bertz CT molecular complexity index is 984. The summed E-state index contributed by atoms with van der Waals surface area (Å²) in [4.78, 5) is 30.4. The van der Waals surface area contributed by atoms with Crippen molar-refractivity contribution in [3.63, 3.8) is 0 Å². The van der Waals surface area contributed by atoms with Crippen LogP contribution in [0.3, 0.4) is 0 Å². The van der Waals surface area contributed by atoms with E-state index in [0.29, 0.717) is 22.4 Å². The van der Waals surface area contributed by atoms with Gasteiger partial charge < -0.3 is 10.7 Å². The van der Waals surface area contributed by atoms with Crippen LogP contribution in [0.1, 0.15) is 41.4 Å². The minimum Gasteiger partial charge on any atom is -0.364 e. The van der Waals surface area contributed by atoms with Gasteiger partial charge in [0.25, 0.3) is 5.91 Å². The van der Waals surface area contributed by atoms with Gasteiger partial charge in [-0.2, -0.15) is 0 Å². The average molecular weight is 380 g/mol. The van der Waals surface area contributed by atoms with Crippen LogP contribution in [0.25, 0.3) is 17.3 Å². The second-order valence-electron chi connectivity index (χ2n) is 6.35. The van der Waals surface area contributed by atoms with E-state index in [1.165, 1.54) is 23.0 Å². The number of benzene rings is 1. The zero-order valence-electron chi connectivity index (χ0n) is 15.0. The third-order valence-corrected chi connectivity index (χ3v) is 4.77. The minimum absolute atomic E-state index is 0.254. The molecular formula is C20H20N4O2S. The molecule has 0 spiro atoms. The molecule has 138 valence electrons. The zero-order chi connectivity index (χ0) is 19.4. The monoisotopic (exact) mass is 380 g/mol. The fourth-order valence-corrected chi connectivity index (χ4v) is 3.18. The summed E-state index contributed by atoms with van der Waals surface area (Å²) < 4.78 is 0. The number of carbonyl (C=O) groups is 2. The van der Waals surface area contributed by atoms with E-state index in [4.69, 9.17) is 5.73 Å².